The number of fused-ring (bicyclic) bond motifs is 4. The maximum atomic E-state index is 14.1. The van der Waals surface area contributed by atoms with Gasteiger partial charge in [0, 0.05) is 30.4 Å². The van der Waals surface area contributed by atoms with E-state index in [4.69, 9.17) is 4.74 Å². The number of benzene rings is 2. The van der Waals surface area contributed by atoms with Crippen LogP contribution >= 0.6 is 0 Å². The molecule has 3 aromatic rings. The summed E-state index contributed by atoms with van der Waals surface area (Å²) < 4.78 is 62.5. The third-order valence-electron chi connectivity index (χ3n) is 6.83. The molecule has 0 fully saturated rings. The smallest absolute Gasteiger partial charge is 0.278 e. The first kappa shape index (κ1) is 27.0. The molecule has 2 aliphatic rings. The molecule has 0 radical (unpaired) electrons. The Balaban J connectivity index is 1.57. The Labute approximate surface area is 226 Å². The quantitative estimate of drug-likeness (QED) is 0.356. The number of halogens is 4. The van der Waals surface area contributed by atoms with E-state index in [-0.39, 0.29) is 25.0 Å². The maximum Gasteiger partial charge on any atom is 0.278 e. The minimum atomic E-state index is -1.20. The number of rotatable bonds is 7. The SMILES string of the molecule is C[C@@H]1C=C[C@H](CF)N2CN1n1cc(C(=O)NCc3c(F)cc(F)cc3F)c(=O)c(OCc3ccccc3)c1C2=O. The van der Waals surface area contributed by atoms with Crippen LogP contribution in [0.5, 0.6) is 5.75 Å². The molecule has 2 amide bonds. The molecule has 1 aromatic heterocycles. The van der Waals surface area contributed by atoms with Crippen LogP contribution < -0.4 is 20.5 Å². The number of alkyl halides is 1. The monoisotopic (exact) mass is 556 g/mol. The van der Waals surface area contributed by atoms with Crippen molar-refractivity contribution in [3.05, 3.63) is 111 Å². The molecular formula is C28H24F4N4O4. The van der Waals surface area contributed by atoms with Crippen molar-refractivity contribution >= 4 is 11.8 Å². The summed E-state index contributed by atoms with van der Waals surface area (Å²) in [5, 5.41) is 3.93. The van der Waals surface area contributed by atoms with E-state index < -0.39 is 70.8 Å². The van der Waals surface area contributed by atoms with Crippen LogP contribution in [0.4, 0.5) is 17.6 Å². The predicted molar refractivity (Wildman–Crippen MR) is 137 cm³/mol. The van der Waals surface area contributed by atoms with Crippen molar-refractivity contribution in [2.24, 2.45) is 0 Å². The van der Waals surface area contributed by atoms with Gasteiger partial charge in [0.05, 0.1) is 12.1 Å². The van der Waals surface area contributed by atoms with Gasteiger partial charge in [-0.1, -0.05) is 42.5 Å². The van der Waals surface area contributed by atoms with Crippen LogP contribution in [-0.4, -0.2) is 46.8 Å². The Kier molecular flexibility index (Phi) is 7.33. The van der Waals surface area contributed by atoms with Crippen molar-refractivity contribution in [3.63, 3.8) is 0 Å². The van der Waals surface area contributed by atoms with E-state index in [2.05, 4.69) is 5.32 Å². The van der Waals surface area contributed by atoms with E-state index in [9.17, 15) is 31.9 Å². The summed E-state index contributed by atoms with van der Waals surface area (Å²) in [5.41, 5.74) is -1.50. The van der Waals surface area contributed by atoms with Crippen molar-refractivity contribution in [3.8, 4) is 5.75 Å². The van der Waals surface area contributed by atoms with Crippen molar-refractivity contribution in [1.82, 2.24) is 14.9 Å². The molecule has 208 valence electrons. The Hall–Kier alpha value is -4.61. The fourth-order valence-corrected chi connectivity index (χ4v) is 4.64. The molecule has 8 nitrogen and oxygen atoms in total. The largest absolute Gasteiger partial charge is 0.482 e. The normalized spacial score (nSPS) is 17.9. The molecular weight excluding hydrogens is 532 g/mol. The molecule has 3 heterocycles. The molecule has 0 aliphatic carbocycles. The molecule has 1 N–H and O–H groups in total. The highest BCUT2D eigenvalue weighted by Crippen LogP contribution is 2.28. The predicted octanol–water partition coefficient (Wildman–Crippen LogP) is 3.42. The lowest BCUT2D eigenvalue weighted by atomic mass is 10.1. The van der Waals surface area contributed by atoms with Gasteiger partial charge in [0.25, 0.3) is 11.8 Å². The van der Waals surface area contributed by atoms with Crippen molar-refractivity contribution < 1.29 is 31.9 Å². The number of hydrogen-bond acceptors (Lipinski definition) is 5. The maximum absolute atomic E-state index is 14.1. The first-order chi connectivity index (χ1) is 19.2. The molecule has 2 aliphatic heterocycles. The minimum absolute atomic E-state index is 0.0390. The number of ether oxygens (including phenoxy) is 1. The van der Waals surface area contributed by atoms with Gasteiger partial charge in [0.15, 0.2) is 11.4 Å². The highest BCUT2D eigenvalue weighted by molar-refractivity contribution is 5.99. The molecule has 0 saturated heterocycles. The molecule has 0 unspecified atom stereocenters. The molecule has 12 heteroatoms. The van der Waals surface area contributed by atoms with E-state index >= 15 is 0 Å². The Morgan fingerprint density at radius 2 is 1.77 bits per heavy atom. The number of nitrogens with one attached hydrogen (secondary N) is 1. The first-order valence-corrected chi connectivity index (χ1v) is 12.4. The minimum Gasteiger partial charge on any atom is -0.482 e. The second kappa shape index (κ2) is 10.9. The molecule has 0 spiro atoms. The third-order valence-corrected chi connectivity index (χ3v) is 6.83. The van der Waals surface area contributed by atoms with Gasteiger partial charge >= 0.3 is 0 Å². The zero-order valence-corrected chi connectivity index (χ0v) is 21.2. The lowest BCUT2D eigenvalue weighted by Crippen LogP contribution is -2.58. The van der Waals surface area contributed by atoms with E-state index in [1.165, 1.54) is 9.58 Å². The summed E-state index contributed by atoms with van der Waals surface area (Å²) in [7, 11) is 0. The third kappa shape index (κ3) is 4.92. The van der Waals surface area contributed by atoms with Gasteiger partial charge < -0.3 is 15.0 Å². The molecule has 0 saturated carbocycles. The van der Waals surface area contributed by atoms with Crippen molar-refractivity contribution in [2.75, 3.05) is 18.4 Å². The lowest BCUT2D eigenvalue weighted by Gasteiger charge is -2.42. The number of nitrogens with zero attached hydrogens (tertiary/aromatic N) is 3. The Morgan fingerprint density at radius 3 is 2.45 bits per heavy atom. The van der Waals surface area contributed by atoms with E-state index in [1.54, 1.807) is 54.4 Å². The number of carbonyl (C=O) groups is 2. The number of amides is 2. The highest BCUT2D eigenvalue weighted by atomic mass is 19.1. The Bertz CT molecular complexity index is 1540. The van der Waals surface area contributed by atoms with E-state index in [1.807, 2.05) is 0 Å². The second-order valence-corrected chi connectivity index (χ2v) is 9.40. The van der Waals surface area contributed by atoms with Crippen LogP contribution in [0.15, 0.2) is 65.6 Å². The van der Waals surface area contributed by atoms with Crippen LogP contribution in [0, 0.1) is 17.5 Å². The summed E-state index contributed by atoms with van der Waals surface area (Å²) in [5.74, 6) is -5.62. The number of pyridine rings is 1. The topological polar surface area (TPSA) is 83.9 Å². The lowest BCUT2D eigenvalue weighted by molar-refractivity contribution is 0.0614. The van der Waals surface area contributed by atoms with Gasteiger partial charge in [-0.3, -0.25) is 24.1 Å². The molecule has 2 aromatic carbocycles. The standard InChI is InChI=1S/C28H24F4N4O4/c1-16-7-8-19(11-29)34-15-36(16)35-13-21(27(38)33-12-20-22(31)9-18(30)10-23(20)32)25(37)26(24(35)28(34)39)40-14-17-5-3-2-4-6-17/h2-10,13,16,19H,11-12,14-15H2,1H3,(H,33,38)/t16-,19-/m1/s1. The van der Waals surface area contributed by atoms with Gasteiger partial charge in [-0.05, 0) is 12.5 Å². The van der Waals surface area contributed by atoms with Crippen LogP contribution in [-0.2, 0) is 13.2 Å². The van der Waals surface area contributed by atoms with E-state index in [0.29, 0.717) is 17.7 Å². The summed E-state index contributed by atoms with van der Waals surface area (Å²) in [6.07, 6.45) is 4.42. The van der Waals surface area contributed by atoms with Gasteiger partial charge in [-0.25, -0.2) is 17.6 Å². The van der Waals surface area contributed by atoms with Gasteiger partial charge in [-0.2, -0.15) is 0 Å². The summed E-state index contributed by atoms with van der Waals surface area (Å²) in [4.78, 5) is 41.6. The Morgan fingerprint density at radius 1 is 1.07 bits per heavy atom. The fraction of sp³-hybridized carbons (Fsp3) is 0.250. The zero-order valence-electron chi connectivity index (χ0n) is 21.2. The average Bonchev–Trinajstić information content (AvgIpc) is 3.07. The second-order valence-electron chi connectivity index (χ2n) is 9.40. The van der Waals surface area contributed by atoms with E-state index in [0.717, 1.165) is 6.20 Å². The van der Waals surface area contributed by atoms with Crippen molar-refractivity contribution in [2.45, 2.75) is 32.2 Å². The zero-order chi connectivity index (χ0) is 28.6. The van der Waals surface area contributed by atoms with Crippen LogP contribution in [0.2, 0.25) is 0 Å². The average molecular weight is 557 g/mol. The van der Waals surface area contributed by atoms with Crippen LogP contribution in [0.1, 0.15) is 38.9 Å². The van der Waals surface area contributed by atoms with Crippen molar-refractivity contribution in [1.29, 1.82) is 0 Å². The molecule has 5 rings (SSSR count). The molecule has 2 bridgehead atoms. The first-order valence-electron chi connectivity index (χ1n) is 12.4. The van der Waals surface area contributed by atoms with Gasteiger partial charge in [0.1, 0.15) is 43.0 Å². The van der Waals surface area contributed by atoms with Crippen LogP contribution in [0.3, 0.4) is 0 Å². The number of aromatic nitrogens is 1. The van der Waals surface area contributed by atoms with Gasteiger partial charge in [0.2, 0.25) is 5.43 Å². The fourth-order valence-electron chi connectivity index (χ4n) is 4.64. The highest BCUT2D eigenvalue weighted by Gasteiger charge is 2.40. The summed E-state index contributed by atoms with van der Waals surface area (Å²) >= 11 is 0. The number of carbonyl (C=O) groups excluding carboxylic acids is 2. The number of hydrogen-bond donors (Lipinski definition) is 1. The molecule has 40 heavy (non-hydrogen) atoms. The summed E-state index contributed by atoms with van der Waals surface area (Å²) in [6, 6.07) is 8.50. The summed E-state index contributed by atoms with van der Waals surface area (Å²) in [6.45, 7) is 0.115. The van der Waals surface area contributed by atoms with Crippen LogP contribution in [0.25, 0.3) is 0 Å². The molecule has 2 atom stereocenters. The van der Waals surface area contributed by atoms with Gasteiger partial charge in [-0.15, -0.1) is 0 Å².